The molecule has 0 spiro atoms. The van der Waals surface area contributed by atoms with Gasteiger partial charge in [-0.05, 0) is 32.4 Å². The summed E-state index contributed by atoms with van der Waals surface area (Å²) in [4.78, 5) is 4.52. The minimum absolute atomic E-state index is 0.0607. The number of rotatable bonds is 5. The molecule has 0 bridgehead atoms. The predicted molar refractivity (Wildman–Crippen MR) is 117 cm³/mol. The molecule has 0 aliphatic carbocycles. The second-order valence-corrected chi connectivity index (χ2v) is 7.36. The fraction of sp³-hybridized carbons (Fsp3) is 0.217. The lowest BCUT2D eigenvalue weighted by molar-refractivity contribution is 0.409. The molecular weight excluding hydrogens is 378 g/mol. The molecule has 2 aromatic heterocycles. The lowest BCUT2D eigenvalue weighted by atomic mass is 9.99. The van der Waals surface area contributed by atoms with Crippen molar-refractivity contribution in [2.45, 2.75) is 27.2 Å². The largest absolute Gasteiger partial charge is 0.512 e. The lowest BCUT2D eigenvalue weighted by Crippen LogP contribution is -2.04. The number of hydrogen-bond acceptors (Lipinski definition) is 6. The van der Waals surface area contributed by atoms with Crippen molar-refractivity contribution in [2.24, 2.45) is 0 Å². The molecular formula is C23H23N5O2. The highest BCUT2D eigenvalue weighted by Gasteiger charge is 2.18. The summed E-state index contributed by atoms with van der Waals surface area (Å²) >= 11 is 0. The van der Waals surface area contributed by atoms with Crippen molar-refractivity contribution in [1.82, 2.24) is 19.6 Å². The molecule has 152 valence electrons. The molecule has 30 heavy (non-hydrogen) atoms. The summed E-state index contributed by atoms with van der Waals surface area (Å²) in [5.74, 6) is 1.40. The normalized spacial score (nSPS) is 12.3. The maximum Gasteiger partial charge on any atom is 0.179 e. The molecule has 0 unspecified atom stereocenters. The molecule has 4 rings (SSSR count). The van der Waals surface area contributed by atoms with E-state index in [4.69, 9.17) is 10.1 Å². The highest BCUT2D eigenvalue weighted by atomic mass is 16.5. The number of aliphatic hydroxyl groups is 1. The van der Waals surface area contributed by atoms with Gasteiger partial charge in [-0.15, -0.1) is 10.2 Å². The van der Waals surface area contributed by atoms with Crippen LogP contribution < -0.4 is 4.74 Å². The van der Waals surface area contributed by atoms with Gasteiger partial charge in [-0.1, -0.05) is 29.8 Å². The summed E-state index contributed by atoms with van der Waals surface area (Å²) in [6, 6.07) is 12.0. The molecule has 2 aromatic carbocycles. The van der Waals surface area contributed by atoms with Gasteiger partial charge in [0.2, 0.25) is 0 Å². The standard InChI is InChI=1S/C23H23N5O2/c1-13-5-7-16(8-6-13)9-21-26-27-22-12-25-18-10-17(23(14(2)24)15(3)29)20(30-4)11-19(18)28(21)22/h5-8,10-12,24,29H,9H2,1-4H3/b23-15+,24-14?. The molecule has 7 heteroatoms. The van der Waals surface area contributed by atoms with E-state index in [0.29, 0.717) is 34.5 Å². The van der Waals surface area contributed by atoms with Gasteiger partial charge in [-0.2, -0.15) is 0 Å². The molecule has 0 saturated heterocycles. The van der Waals surface area contributed by atoms with Crippen LogP contribution in [0, 0.1) is 12.3 Å². The topological polar surface area (TPSA) is 96.4 Å². The van der Waals surface area contributed by atoms with Crippen LogP contribution in [-0.2, 0) is 6.42 Å². The molecule has 4 aromatic rings. The van der Waals surface area contributed by atoms with E-state index in [-0.39, 0.29) is 11.5 Å². The van der Waals surface area contributed by atoms with Gasteiger partial charge in [0, 0.05) is 29.3 Å². The molecule has 0 fully saturated rings. The third kappa shape index (κ3) is 3.39. The van der Waals surface area contributed by atoms with Crippen LogP contribution in [0.3, 0.4) is 0 Å². The van der Waals surface area contributed by atoms with E-state index in [9.17, 15) is 5.11 Å². The van der Waals surface area contributed by atoms with E-state index in [1.807, 2.05) is 16.5 Å². The van der Waals surface area contributed by atoms with Crippen molar-refractivity contribution in [3.05, 3.63) is 70.9 Å². The second-order valence-electron chi connectivity index (χ2n) is 7.36. The molecule has 2 N–H and O–H groups in total. The average molecular weight is 401 g/mol. The van der Waals surface area contributed by atoms with Gasteiger partial charge in [0.15, 0.2) is 5.65 Å². The quantitative estimate of drug-likeness (QED) is 0.379. The van der Waals surface area contributed by atoms with Crippen molar-refractivity contribution >= 4 is 28.0 Å². The van der Waals surface area contributed by atoms with Gasteiger partial charge >= 0.3 is 0 Å². The number of fused-ring (bicyclic) bond motifs is 3. The zero-order valence-corrected chi connectivity index (χ0v) is 17.4. The molecule has 2 heterocycles. The first-order valence-corrected chi connectivity index (χ1v) is 9.61. The van der Waals surface area contributed by atoms with Crippen LogP contribution in [-0.4, -0.2) is 37.5 Å². The number of allylic oxidation sites excluding steroid dienone is 2. The first-order chi connectivity index (χ1) is 14.4. The smallest absolute Gasteiger partial charge is 0.179 e. The van der Waals surface area contributed by atoms with Crippen molar-refractivity contribution < 1.29 is 9.84 Å². The number of aryl methyl sites for hydroxylation is 1. The Morgan fingerprint density at radius 2 is 1.87 bits per heavy atom. The zero-order valence-electron chi connectivity index (χ0n) is 17.4. The fourth-order valence-electron chi connectivity index (χ4n) is 3.68. The van der Waals surface area contributed by atoms with Gasteiger partial charge in [-0.25, -0.2) is 0 Å². The van der Waals surface area contributed by atoms with Gasteiger partial charge in [0.05, 0.1) is 30.1 Å². The van der Waals surface area contributed by atoms with E-state index in [1.165, 1.54) is 5.56 Å². The molecule has 0 amide bonds. The lowest BCUT2D eigenvalue weighted by Gasteiger charge is -2.14. The summed E-state index contributed by atoms with van der Waals surface area (Å²) in [7, 11) is 1.57. The molecule has 0 atom stereocenters. The molecule has 0 aliphatic heterocycles. The van der Waals surface area contributed by atoms with Crippen molar-refractivity contribution in [2.75, 3.05) is 7.11 Å². The van der Waals surface area contributed by atoms with Crippen molar-refractivity contribution in [1.29, 1.82) is 5.41 Å². The number of nitrogens with one attached hydrogen (secondary N) is 1. The van der Waals surface area contributed by atoms with Crippen LogP contribution >= 0.6 is 0 Å². The van der Waals surface area contributed by atoms with E-state index in [2.05, 4.69) is 46.4 Å². The van der Waals surface area contributed by atoms with Gasteiger partial charge in [0.1, 0.15) is 11.6 Å². The fourth-order valence-corrected chi connectivity index (χ4v) is 3.68. The SMILES string of the molecule is COc1cc2c(cc1/C(C(C)=N)=C(\C)O)ncc1nnc(Cc3ccc(C)cc3)n12. The monoisotopic (exact) mass is 401 g/mol. The molecule has 0 aliphatic rings. The van der Waals surface area contributed by atoms with Crippen molar-refractivity contribution in [3.8, 4) is 5.75 Å². The molecule has 7 nitrogen and oxygen atoms in total. The Balaban J connectivity index is 1.93. The Bertz CT molecular complexity index is 1300. The Kier molecular flexibility index (Phi) is 4.95. The predicted octanol–water partition coefficient (Wildman–Crippen LogP) is 4.51. The minimum atomic E-state index is 0.0607. The number of aliphatic hydroxyl groups excluding tert-OH is 1. The minimum Gasteiger partial charge on any atom is -0.512 e. The van der Waals surface area contributed by atoms with Crippen LogP contribution in [0.15, 0.2) is 48.4 Å². The van der Waals surface area contributed by atoms with Crippen LogP contribution in [0.2, 0.25) is 0 Å². The van der Waals surface area contributed by atoms with E-state index in [1.54, 1.807) is 27.2 Å². The number of nitrogens with zero attached hydrogens (tertiary/aromatic N) is 4. The summed E-state index contributed by atoms with van der Waals surface area (Å²) in [6.07, 6.45) is 2.31. The van der Waals surface area contributed by atoms with E-state index in [0.717, 1.165) is 16.9 Å². The number of benzene rings is 2. The molecule has 0 radical (unpaired) electrons. The first-order valence-electron chi connectivity index (χ1n) is 9.61. The van der Waals surface area contributed by atoms with Gasteiger partial charge < -0.3 is 15.3 Å². The highest BCUT2D eigenvalue weighted by molar-refractivity contribution is 6.22. The summed E-state index contributed by atoms with van der Waals surface area (Å²) < 4.78 is 7.58. The van der Waals surface area contributed by atoms with Crippen molar-refractivity contribution in [3.63, 3.8) is 0 Å². The van der Waals surface area contributed by atoms with Gasteiger partial charge in [0.25, 0.3) is 0 Å². The first kappa shape index (κ1) is 19.6. The Hall–Kier alpha value is -3.74. The second kappa shape index (κ2) is 7.59. The van der Waals surface area contributed by atoms with Gasteiger partial charge in [-0.3, -0.25) is 9.38 Å². The summed E-state index contributed by atoms with van der Waals surface area (Å²) in [6.45, 7) is 5.26. The Morgan fingerprint density at radius 3 is 2.50 bits per heavy atom. The third-order valence-corrected chi connectivity index (χ3v) is 5.10. The van der Waals surface area contributed by atoms with Crippen LogP contribution in [0.1, 0.15) is 36.4 Å². The average Bonchev–Trinajstić information content (AvgIpc) is 3.12. The van der Waals surface area contributed by atoms with Crippen LogP contribution in [0.5, 0.6) is 5.75 Å². The number of methoxy groups -OCH3 is 1. The van der Waals surface area contributed by atoms with Crippen LogP contribution in [0.25, 0.3) is 22.3 Å². The third-order valence-electron chi connectivity index (χ3n) is 5.10. The summed E-state index contributed by atoms with van der Waals surface area (Å²) in [5, 5.41) is 26.9. The molecule has 0 saturated carbocycles. The summed E-state index contributed by atoms with van der Waals surface area (Å²) in [5.41, 5.74) is 5.80. The number of aromatic nitrogens is 4. The number of hydrogen-bond donors (Lipinski definition) is 2. The van der Waals surface area contributed by atoms with E-state index >= 15 is 0 Å². The highest BCUT2D eigenvalue weighted by Crippen LogP contribution is 2.33. The maximum absolute atomic E-state index is 10.1. The zero-order chi connectivity index (χ0) is 21.4. The Morgan fingerprint density at radius 1 is 1.13 bits per heavy atom. The Labute approximate surface area is 174 Å². The van der Waals surface area contributed by atoms with E-state index < -0.39 is 0 Å². The van der Waals surface area contributed by atoms with Crippen LogP contribution in [0.4, 0.5) is 0 Å². The maximum atomic E-state index is 10.1. The number of ether oxygens (including phenoxy) is 1.